The van der Waals surface area contributed by atoms with Crippen LogP contribution in [-0.4, -0.2) is 74.6 Å². The molecule has 6 rings (SSSR count). The van der Waals surface area contributed by atoms with E-state index in [-0.39, 0.29) is 41.7 Å². The molecule has 250 valence electrons. The zero-order chi connectivity index (χ0) is 35.0. The highest BCUT2D eigenvalue weighted by molar-refractivity contribution is 7.18. The summed E-state index contributed by atoms with van der Waals surface area (Å²) in [5, 5.41) is 22.0. The van der Waals surface area contributed by atoms with Gasteiger partial charge < -0.3 is 10.0 Å². The Morgan fingerprint density at radius 1 is 1.20 bits per heavy atom. The summed E-state index contributed by atoms with van der Waals surface area (Å²) in [6, 6.07) is 9.10. The number of aromatic nitrogens is 4. The van der Waals surface area contributed by atoms with Gasteiger partial charge in [0.25, 0.3) is 12.0 Å². The highest BCUT2D eigenvalue weighted by Gasteiger charge is 2.33. The molecule has 0 saturated heterocycles. The van der Waals surface area contributed by atoms with Crippen LogP contribution in [0, 0.1) is 30.1 Å². The number of carboxylic acid groups (broad SMARTS) is 1. The van der Waals surface area contributed by atoms with E-state index < -0.39 is 18.0 Å². The van der Waals surface area contributed by atoms with Gasteiger partial charge in [0.1, 0.15) is 23.3 Å². The van der Waals surface area contributed by atoms with Crippen molar-refractivity contribution in [2.24, 2.45) is 0 Å². The van der Waals surface area contributed by atoms with Crippen LogP contribution in [0.4, 0.5) is 14.6 Å². The van der Waals surface area contributed by atoms with Crippen molar-refractivity contribution in [3.05, 3.63) is 79.9 Å². The molecule has 49 heavy (non-hydrogen) atoms. The van der Waals surface area contributed by atoms with Gasteiger partial charge in [-0.3, -0.25) is 19.2 Å². The second-order valence-corrected chi connectivity index (χ2v) is 13.2. The lowest BCUT2D eigenvalue weighted by molar-refractivity contribution is 0.0699. The van der Waals surface area contributed by atoms with Crippen molar-refractivity contribution in [1.29, 1.82) is 5.26 Å². The number of benzene rings is 1. The average molecular weight is 702 g/mol. The first-order valence-electron chi connectivity index (χ1n) is 15.4. The monoisotopic (exact) mass is 701 g/mol. The highest BCUT2D eigenvalue weighted by Crippen LogP contribution is 2.37. The molecule has 2 atom stereocenters. The summed E-state index contributed by atoms with van der Waals surface area (Å²) in [6.07, 6.45) is 2.70. The molecular weight excluding hydrogens is 672 g/mol. The van der Waals surface area contributed by atoms with Crippen LogP contribution < -0.4 is 10.5 Å². The number of hydrogen-bond donors (Lipinski definition) is 1. The maximum Gasteiger partial charge on any atom is 0.338 e. The summed E-state index contributed by atoms with van der Waals surface area (Å²) < 4.78 is 28.0. The third kappa shape index (κ3) is 6.57. The third-order valence-electron chi connectivity index (χ3n) is 9.01. The molecule has 0 amide bonds. The number of alkyl halides is 2. The van der Waals surface area contributed by atoms with Crippen LogP contribution in [0.2, 0.25) is 5.02 Å². The molecule has 4 aromatic heterocycles. The molecule has 14 heteroatoms. The predicted molar refractivity (Wildman–Crippen MR) is 186 cm³/mol. The van der Waals surface area contributed by atoms with Gasteiger partial charge in [-0.15, -0.1) is 11.3 Å². The minimum atomic E-state index is -2.42. The SMILES string of the molecule is Cc1nc2cnc(N(C)[C@@H]3CC[C@@H](N(C)CC(F)F)C3)c(C#N)c2c(=O)n1CC#Cc1ccc(Cl)cc1-c1ccnc2c(C(=O)O)csc12. The first-order chi connectivity index (χ1) is 23.5. The summed E-state index contributed by atoms with van der Waals surface area (Å²) in [5.74, 6) is 5.88. The Hall–Kier alpha value is -4.95. The van der Waals surface area contributed by atoms with E-state index in [4.69, 9.17) is 11.6 Å². The van der Waals surface area contributed by atoms with E-state index >= 15 is 0 Å². The molecular formula is C35H30ClF2N7O3S. The molecule has 1 N–H and O–H groups in total. The van der Waals surface area contributed by atoms with Crippen molar-refractivity contribution in [2.75, 3.05) is 25.5 Å². The fourth-order valence-electron chi connectivity index (χ4n) is 6.45. The molecule has 0 radical (unpaired) electrons. The van der Waals surface area contributed by atoms with E-state index in [1.54, 1.807) is 61.8 Å². The van der Waals surface area contributed by atoms with Crippen LogP contribution in [-0.2, 0) is 6.54 Å². The predicted octanol–water partition coefficient (Wildman–Crippen LogP) is 6.21. The van der Waals surface area contributed by atoms with Crippen molar-refractivity contribution >= 4 is 55.8 Å². The summed E-state index contributed by atoms with van der Waals surface area (Å²) >= 11 is 7.64. The summed E-state index contributed by atoms with van der Waals surface area (Å²) in [5.41, 5.74) is 2.47. The number of carboxylic acids is 1. The minimum absolute atomic E-state index is 0.0224. The molecule has 4 heterocycles. The van der Waals surface area contributed by atoms with Crippen molar-refractivity contribution in [2.45, 2.75) is 51.2 Å². The average Bonchev–Trinajstić information content (AvgIpc) is 3.74. The lowest BCUT2D eigenvalue weighted by Gasteiger charge is -2.28. The standard InChI is InChI=1S/C35H30ClF2N7O3S/c1-19-42-28-16-41-33(44(3)23-9-8-22(14-23)43(2)17-29(37)38)26(15-39)30(28)34(46)45(19)12-4-5-20-6-7-21(36)13-25(20)24-10-11-40-31-27(35(47)48)18-49-32(24)31/h6-7,10-11,13,16,18,22-23,29H,8-9,12,14,17H2,1-3H3,(H,47,48)/t22-,23-/m1/s1. The molecule has 1 fully saturated rings. The largest absolute Gasteiger partial charge is 0.478 e. The van der Waals surface area contributed by atoms with Crippen LogP contribution in [0.3, 0.4) is 0 Å². The highest BCUT2D eigenvalue weighted by atomic mass is 35.5. The number of fused-ring (bicyclic) bond motifs is 2. The number of pyridine rings is 2. The molecule has 0 bridgehead atoms. The fraction of sp³-hybridized carbons (Fsp3) is 0.314. The third-order valence-corrected chi connectivity index (χ3v) is 10.2. The van der Waals surface area contributed by atoms with Crippen LogP contribution in [0.1, 0.15) is 46.6 Å². The van der Waals surface area contributed by atoms with Gasteiger partial charge in [0.2, 0.25) is 0 Å². The number of thiophene rings is 1. The Morgan fingerprint density at radius 2 is 1.98 bits per heavy atom. The van der Waals surface area contributed by atoms with Crippen LogP contribution >= 0.6 is 22.9 Å². The van der Waals surface area contributed by atoms with Crippen LogP contribution in [0.25, 0.3) is 32.2 Å². The first kappa shape index (κ1) is 33.9. The molecule has 1 aliphatic rings. The van der Waals surface area contributed by atoms with E-state index in [2.05, 4.69) is 32.9 Å². The Kier molecular flexibility index (Phi) is 9.61. The van der Waals surface area contributed by atoms with Crippen molar-refractivity contribution in [3.63, 3.8) is 0 Å². The summed E-state index contributed by atoms with van der Waals surface area (Å²) in [6.45, 7) is 1.35. The number of hydrogen-bond acceptors (Lipinski definition) is 9. The second kappa shape index (κ2) is 13.9. The smallest absolute Gasteiger partial charge is 0.338 e. The van der Waals surface area contributed by atoms with Gasteiger partial charge in [-0.25, -0.2) is 23.5 Å². The maximum absolute atomic E-state index is 14.0. The van der Waals surface area contributed by atoms with Crippen molar-refractivity contribution in [3.8, 4) is 29.0 Å². The summed E-state index contributed by atoms with van der Waals surface area (Å²) in [7, 11) is 3.50. The number of carbonyl (C=O) groups is 1. The molecule has 0 spiro atoms. The molecule has 0 aliphatic heterocycles. The number of rotatable bonds is 8. The van der Waals surface area contributed by atoms with E-state index in [1.807, 2.05) is 4.90 Å². The number of aryl methyl sites for hydroxylation is 1. The van der Waals surface area contributed by atoms with E-state index in [9.17, 15) is 28.7 Å². The number of aromatic carboxylic acids is 1. The lowest BCUT2D eigenvalue weighted by atomic mass is 10.00. The quantitative estimate of drug-likeness (QED) is 0.188. The maximum atomic E-state index is 14.0. The second-order valence-electron chi connectivity index (χ2n) is 11.9. The number of nitrogens with zero attached hydrogens (tertiary/aromatic N) is 7. The van der Waals surface area contributed by atoms with Gasteiger partial charge >= 0.3 is 5.97 Å². The zero-order valence-electron chi connectivity index (χ0n) is 26.7. The molecule has 1 saturated carbocycles. The molecule has 1 aliphatic carbocycles. The van der Waals surface area contributed by atoms with Crippen molar-refractivity contribution in [1.82, 2.24) is 24.4 Å². The normalized spacial score (nSPS) is 15.9. The minimum Gasteiger partial charge on any atom is -0.478 e. The molecule has 0 unspecified atom stereocenters. The van der Waals surface area contributed by atoms with Gasteiger partial charge in [0, 0.05) is 52.4 Å². The zero-order valence-corrected chi connectivity index (χ0v) is 28.3. The van der Waals surface area contributed by atoms with Gasteiger partial charge in [-0.1, -0.05) is 23.4 Å². The number of halogens is 3. The Morgan fingerprint density at radius 3 is 2.71 bits per heavy atom. The van der Waals surface area contributed by atoms with Gasteiger partial charge in [0.05, 0.1) is 46.0 Å². The van der Waals surface area contributed by atoms with Crippen LogP contribution in [0.5, 0.6) is 0 Å². The van der Waals surface area contributed by atoms with Gasteiger partial charge in [0.15, 0.2) is 0 Å². The van der Waals surface area contributed by atoms with Crippen molar-refractivity contribution < 1.29 is 18.7 Å². The molecule has 5 aromatic rings. The Bertz CT molecular complexity index is 2270. The van der Waals surface area contributed by atoms with Gasteiger partial charge in [-0.2, -0.15) is 5.26 Å². The fourth-order valence-corrected chi connectivity index (χ4v) is 7.65. The Balaban J connectivity index is 1.33. The lowest BCUT2D eigenvalue weighted by Crippen LogP contribution is -2.37. The summed E-state index contributed by atoms with van der Waals surface area (Å²) in [4.78, 5) is 42.6. The van der Waals surface area contributed by atoms with E-state index in [0.29, 0.717) is 49.9 Å². The number of anilines is 1. The van der Waals surface area contributed by atoms with E-state index in [1.165, 1.54) is 22.1 Å². The van der Waals surface area contributed by atoms with E-state index in [0.717, 1.165) is 18.4 Å². The molecule has 10 nitrogen and oxygen atoms in total. The topological polar surface area (TPSA) is 128 Å². The Labute approximate surface area is 289 Å². The van der Waals surface area contributed by atoms with Crippen LogP contribution in [0.15, 0.2) is 46.8 Å². The first-order valence-corrected chi connectivity index (χ1v) is 16.6. The van der Waals surface area contributed by atoms with Gasteiger partial charge in [-0.05, 0) is 57.5 Å². The molecule has 1 aromatic carbocycles. The number of nitriles is 1.